The zero-order valence-electron chi connectivity index (χ0n) is 9.40. The maximum Gasteiger partial charge on any atom is 0.225 e. The van der Waals surface area contributed by atoms with Gasteiger partial charge >= 0.3 is 0 Å². The van der Waals surface area contributed by atoms with Crippen molar-refractivity contribution < 1.29 is 0 Å². The summed E-state index contributed by atoms with van der Waals surface area (Å²) < 4.78 is 0.937. The van der Waals surface area contributed by atoms with E-state index < -0.39 is 0 Å². The van der Waals surface area contributed by atoms with Crippen LogP contribution in [0.3, 0.4) is 0 Å². The standard InChI is InChI=1S/C11H16BrN3S/c1-16-10-4-2-3-5-15(8-10)11-13-6-9(12)7-14-11/h6-7,10H,2-5,8H2,1H3. The van der Waals surface area contributed by atoms with Gasteiger partial charge in [-0.05, 0) is 35.0 Å². The first-order valence-electron chi connectivity index (χ1n) is 5.55. The van der Waals surface area contributed by atoms with Crippen molar-refractivity contribution in [3.63, 3.8) is 0 Å². The first kappa shape index (κ1) is 12.2. The second-order valence-corrected chi connectivity index (χ2v) is 6.05. The molecule has 1 aliphatic heterocycles. The van der Waals surface area contributed by atoms with Crippen molar-refractivity contribution in [1.82, 2.24) is 9.97 Å². The zero-order valence-corrected chi connectivity index (χ0v) is 11.8. The van der Waals surface area contributed by atoms with Crippen LogP contribution in [0.5, 0.6) is 0 Å². The van der Waals surface area contributed by atoms with Gasteiger partial charge in [-0.15, -0.1) is 0 Å². The van der Waals surface area contributed by atoms with E-state index in [0.717, 1.165) is 28.8 Å². The fourth-order valence-corrected chi connectivity index (χ4v) is 2.88. The number of nitrogens with zero attached hydrogens (tertiary/aromatic N) is 3. The van der Waals surface area contributed by atoms with Crippen molar-refractivity contribution in [3.8, 4) is 0 Å². The van der Waals surface area contributed by atoms with Gasteiger partial charge in [0.15, 0.2) is 0 Å². The Kier molecular flexibility index (Phi) is 4.46. The summed E-state index contributed by atoms with van der Waals surface area (Å²) in [6.07, 6.45) is 9.71. The van der Waals surface area contributed by atoms with Crippen molar-refractivity contribution in [2.75, 3.05) is 24.2 Å². The summed E-state index contributed by atoms with van der Waals surface area (Å²) in [7, 11) is 0. The minimum Gasteiger partial charge on any atom is -0.340 e. The molecule has 0 spiro atoms. The molecule has 0 saturated carbocycles. The highest BCUT2D eigenvalue weighted by Gasteiger charge is 2.18. The van der Waals surface area contributed by atoms with Gasteiger partial charge < -0.3 is 4.90 Å². The topological polar surface area (TPSA) is 29.0 Å². The van der Waals surface area contributed by atoms with E-state index in [2.05, 4.69) is 37.1 Å². The van der Waals surface area contributed by atoms with E-state index in [-0.39, 0.29) is 0 Å². The van der Waals surface area contributed by atoms with Crippen molar-refractivity contribution >= 4 is 33.6 Å². The summed E-state index contributed by atoms with van der Waals surface area (Å²) in [5, 5.41) is 0.717. The van der Waals surface area contributed by atoms with Gasteiger partial charge in [0.1, 0.15) is 0 Å². The summed E-state index contributed by atoms with van der Waals surface area (Å²) in [4.78, 5) is 11.0. The molecule has 2 heterocycles. The van der Waals surface area contributed by atoms with E-state index in [1.54, 1.807) is 0 Å². The van der Waals surface area contributed by atoms with Crippen molar-refractivity contribution in [3.05, 3.63) is 16.9 Å². The molecule has 16 heavy (non-hydrogen) atoms. The third-order valence-electron chi connectivity index (χ3n) is 2.85. The van der Waals surface area contributed by atoms with E-state index >= 15 is 0 Å². The van der Waals surface area contributed by atoms with Crippen LogP contribution < -0.4 is 4.90 Å². The Balaban J connectivity index is 2.09. The van der Waals surface area contributed by atoms with Crippen LogP contribution in [0.2, 0.25) is 0 Å². The van der Waals surface area contributed by atoms with Gasteiger partial charge in [0.05, 0.1) is 4.47 Å². The molecule has 0 bridgehead atoms. The van der Waals surface area contributed by atoms with Crippen LogP contribution in [0.4, 0.5) is 5.95 Å². The third-order valence-corrected chi connectivity index (χ3v) is 4.31. The fraction of sp³-hybridized carbons (Fsp3) is 0.636. The number of hydrogen-bond acceptors (Lipinski definition) is 4. The summed E-state index contributed by atoms with van der Waals surface area (Å²) in [5.74, 6) is 0.865. The average Bonchev–Trinajstić information content (AvgIpc) is 2.55. The molecule has 5 heteroatoms. The van der Waals surface area contributed by atoms with Crippen LogP contribution in [-0.2, 0) is 0 Å². The van der Waals surface area contributed by atoms with Gasteiger partial charge in [-0.1, -0.05) is 6.42 Å². The molecule has 1 aliphatic rings. The normalized spacial score (nSPS) is 21.9. The van der Waals surface area contributed by atoms with Crippen LogP contribution in [0, 0.1) is 0 Å². The van der Waals surface area contributed by atoms with Gasteiger partial charge in [0.25, 0.3) is 0 Å². The Labute approximate surface area is 109 Å². The van der Waals surface area contributed by atoms with Gasteiger partial charge in [0.2, 0.25) is 5.95 Å². The fourth-order valence-electron chi connectivity index (χ4n) is 1.95. The molecule has 2 rings (SSSR count). The molecule has 1 aromatic rings. The Hall–Kier alpha value is -0.290. The van der Waals surface area contributed by atoms with Gasteiger partial charge in [0, 0.05) is 30.7 Å². The average molecular weight is 302 g/mol. The smallest absolute Gasteiger partial charge is 0.225 e. The molecule has 0 amide bonds. The Morgan fingerprint density at radius 3 is 2.81 bits per heavy atom. The maximum absolute atomic E-state index is 4.37. The van der Waals surface area contributed by atoms with Gasteiger partial charge in [-0.2, -0.15) is 11.8 Å². The first-order chi connectivity index (χ1) is 7.79. The van der Waals surface area contributed by atoms with Crippen molar-refractivity contribution in [2.24, 2.45) is 0 Å². The molecule has 1 unspecified atom stereocenters. The highest BCUT2D eigenvalue weighted by molar-refractivity contribution is 9.10. The molecule has 3 nitrogen and oxygen atoms in total. The Morgan fingerprint density at radius 2 is 2.12 bits per heavy atom. The van der Waals surface area contributed by atoms with E-state index in [1.165, 1.54) is 19.3 Å². The minimum atomic E-state index is 0.717. The third kappa shape index (κ3) is 3.10. The summed E-state index contributed by atoms with van der Waals surface area (Å²) in [5.41, 5.74) is 0. The lowest BCUT2D eigenvalue weighted by atomic mass is 10.2. The second-order valence-electron chi connectivity index (χ2n) is 4.00. The van der Waals surface area contributed by atoms with Gasteiger partial charge in [-0.25, -0.2) is 9.97 Å². The molecule has 1 saturated heterocycles. The molecular weight excluding hydrogens is 286 g/mol. The molecule has 1 fully saturated rings. The van der Waals surface area contributed by atoms with Gasteiger partial charge in [-0.3, -0.25) is 0 Å². The van der Waals surface area contributed by atoms with Crippen LogP contribution in [0.15, 0.2) is 16.9 Å². The number of rotatable bonds is 2. The number of aromatic nitrogens is 2. The molecule has 0 radical (unpaired) electrons. The zero-order chi connectivity index (χ0) is 11.4. The van der Waals surface area contributed by atoms with Crippen molar-refractivity contribution in [2.45, 2.75) is 24.5 Å². The minimum absolute atomic E-state index is 0.717. The number of thioether (sulfide) groups is 1. The SMILES string of the molecule is CSC1CCCCN(c2ncc(Br)cn2)C1. The lowest BCUT2D eigenvalue weighted by molar-refractivity contribution is 0.735. The van der Waals surface area contributed by atoms with E-state index in [0.29, 0.717) is 0 Å². The van der Waals surface area contributed by atoms with Crippen molar-refractivity contribution in [1.29, 1.82) is 0 Å². The summed E-state index contributed by atoms with van der Waals surface area (Å²) in [6, 6.07) is 0. The maximum atomic E-state index is 4.37. The molecular formula is C11H16BrN3S. The summed E-state index contributed by atoms with van der Waals surface area (Å²) in [6.45, 7) is 2.15. The Morgan fingerprint density at radius 1 is 1.38 bits per heavy atom. The lowest BCUT2D eigenvalue weighted by Crippen LogP contribution is -2.30. The van der Waals surface area contributed by atoms with E-state index in [1.807, 2.05) is 24.2 Å². The predicted molar refractivity (Wildman–Crippen MR) is 73.1 cm³/mol. The molecule has 0 aliphatic carbocycles. The Bertz CT molecular complexity index is 331. The number of halogens is 1. The molecule has 88 valence electrons. The van der Waals surface area contributed by atoms with Crippen LogP contribution in [0.25, 0.3) is 0 Å². The second kappa shape index (κ2) is 5.87. The van der Waals surface area contributed by atoms with Crippen LogP contribution in [-0.4, -0.2) is 34.6 Å². The molecule has 1 aromatic heterocycles. The highest BCUT2D eigenvalue weighted by atomic mass is 79.9. The van der Waals surface area contributed by atoms with E-state index in [4.69, 9.17) is 0 Å². The highest BCUT2D eigenvalue weighted by Crippen LogP contribution is 2.22. The monoisotopic (exact) mass is 301 g/mol. The summed E-state index contributed by atoms with van der Waals surface area (Å²) >= 11 is 5.32. The largest absolute Gasteiger partial charge is 0.340 e. The van der Waals surface area contributed by atoms with E-state index in [9.17, 15) is 0 Å². The van der Waals surface area contributed by atoms with Crippen LogP contribution in [0.1, 0.15) is 19.3 Å². The van der Waals surface area contributed by atoms with Crippen LogP contribution >= 0.6 is 27.7 Å². The predicted octanol–water partition coefficient (Wildman–Crippen LogP) is 2.96. The molecule has 1 atom stereocenters. The number of anilines is 1. The number of hydrogen-bond donors (Lipinski definition) is 0. The molecule has 0 N–H and O–H groups in total. The molecule has 0 aromatic carbocycles. The quantitative estimate of drug-likeness (QED) is 0.840. The first-order valence-corrected chi connectivity index (χ1v) is 7.63. The lowest BCUT2D eigenvalue weighted by Gasteiger charge is -2.23.